The van der Waals surface area contributed by atoms with Gasteiger partial charge in [0, 0.05) is 6.54 Å². The van der Waals surface area contributed by atoms with E-state index in [9.17, 15) is 9.59 Å². The molecular formula is C11H21NO4. The van der Waals surface area contributed by atoms with Gasteiger partial charge in [0.25, 0.3) is 0 Å². The number of hydrogen-bond acceptors (Lipinski definition) is 4. The number of carbonyl (C=O) groups excluding carboxylic acids is 1. The van der Waals surface area contributed by atoms with Gasteiger partial charge in [-0.1, -0.05) is 13.8 Å². The molecule has 5 heteroatoms. The third-order valence-electron chi connectivity index (χ3n) is 2.06. The van der Waals surface area contributed by atoms with Crippen LogP contribution in [0.25, 0.3) is 0 Å². The van der Waals surface area contributed by atoms with Crippen LogP contribution in [0.1, 0.15) is 26.7 Å². The van der Waals surface area contributed by atoms with Crippen LogP contribution in [-0.4, -0.2) is 48.7 Å². The molecule has 0 aliphatic rings. The first-order valence-electron chi connectivity index (χ1n) is 5.47. The highest BCUT2D eigenvalue weighted by Gasteiger charge is 2.09. The van der Waals surface area contributed by atoms with Crippen molar-refractivity contribution in [3.05, 3.63) is 0 Å². The Kier molecular flexibility index (Phi) is 7.54. The smallest absolute Gasteiger partial charge is 0.320 e. The summed E-state index contributed by atoms with van der Waals surface area (Å²) in [5.41, 5.74) is 0. The molecule has 0 aromatic carbocycles. The number of esters is 1. The number of aliphatic carboxylic acids is 1. The van der Waals surface area contributed by atoms with E-state index in [1.165, 1.54) is 0 Å². The zero-order chi connectivity index (χ0) is 12.6. The van der Waals surface area contributed by atoms with E-state index < -0.39 is 5.97 Å². The largest absolute Gasteiger partial charge is 0.481 e. The van der Waals surface area contributed by atoms with E-state index in [2.05, 4.69) is 13.8 Å². The zero-order valence-corrected chi connectivity index (χ0v) is 10.2. The zero-order valence-electron chi connectivity index (χ0n) is 10.2. The molecule has 5 nitrogen and oxygen atoms in total. The molecule has 0 amide bonds. The second-order valence-corrected chi connectivity index (χ2v) is 4.28. The fourth-order valence-electron chi connectivity index (χ4n) is 1.04. The Labute approximate surface area is 96.4 Å². The lowest BCUT2D eigenvalue weighted by molar-refractivity contribution is -0.145. The Hall–Kier alpha value is -1.10. The number of carboxylic acid groups (broad SMARTS) is 1. The number of ether oxygens (including phenoxy) is 1. The average Bonchev–Trinajstić information content (AvgIpc) is 2.14. The van der Waals surface area contributed by atoms with Crippen LogP contribution in [0.15, 0.2) is 0 Å². The van der Waals surface area contributed by atoms with E-state index >= 15 is 0 Å². The van der Waals surface area contributed by atoms with Crippen molar-refractivity contribution in [3.8, 4) is 0 Å². The molecule has 0 saturated heterocycles. The fourth-order valence-corrected chi connectivity index (χ4v) is 1.04. The van der Waals surface area contributed by atoms with Crippen LogP contribution in [0.4, 0.5) is 0 Å². The van der Waals surface area contributed by atoms with Gasteiger partial charge < -0.3 is 9.84 Å². The molecule has 0 rings (SSSR count). The van der Waals surface area contributed by atoms with Crippen LogP contribution in [0.3, 0.4) is 0 Å². The highest BCUT2D eigenvalue weighted by Crippen LogP contribution is 1.99. The van der Waals surface area contributed by atoms with E-state index in [1.807, 2.05) is 0 Å². The van der Waals surface area contributed by atoms with E-state index in [0.29, 0.717) is 19.1 Å². The SMILES string of the molecule is CC(C)CCOC(=O)CN(C)CCC(=O)O. The average molecular weight is 231 g/mol. The Morgan fingerprint density at radius 2 is 2.00 bits per heavy atom. The molecule has 0 heterocycles. The van der Waals surface area contributed by atoms with Gasteiger partial charge in [-0.15, -0.1) is 0 Å². The minimum Gasteiger partial charge on any atom is -0.481 e. The third-order valence-corrected chi connectivity index (χ3v) is 2.06. The predicted molar refractivity (Wildman–Crippen MR) is 60.2 cm³/mol. The maximum Gasteiger partial charge on any atom is 0.320 e. The highest BCUT2D eigenvalue weighted by molar-refractivity contribution is 5.71. The lowest BCUT2D eigenvalue weighted by Gasteiger charge is -2.14. The van der Waals surface area contributed by atoms with Crippen molar-refractivity contribution in [2.24, 2.45) is 5.92 Å². The number of rotatable bonds is 8. The Bertz CT molecular complexity index is 228. The molecular weight excluding hydrogens is 210 g/mol. The summed E-state index contributed by atoms with van der Waals surface area (Å²) in [6, 6.07) is 0. The maximum absolute atomic E-state index is 11.3. The molecule has 1 N–H and O–H groups in total. The van der Waals surface area contributed by atoms with Gasteiger partial charge in [-0.2, -0.15) is 0 Å². The van der Waals surface area contributed by atoms with Crippen molar-refractivity contribution >= 4 is 11.9 Å². The first-order valence-corrected chi connectivity index (χ1v) is 5.47. The van der Waals surface area contributed by atoms with E-state index in [4.69, 9.17) is 9.84 Å². The van der Waals surface area contributed by atoms with Crippen LogP contribution in [0, 0.1) is 5.92 Å². The Morgan fingerprint density at radius 1 is 1.38 bits per heavy atom. The molecule has 0 spiro atoms. The molecule has 0 radical (unpaired) electrons. The first-order chi connectivity index (χ1) is 7.41. The number of likely N-dealkylation sites (N-methyl/N-ethyl adjacent to an activating group) is 1. The molecule has 94 valence electrons. The summed E-state index contributed by atoms with van der Waals surface area (Å²) in [7, 11) is 1.70. The fraction of sp³-hybridized carbons (Fsp3) is 0.818. The van der Waals surface area contributed by atoms with Gasteiger partial charge >= 0.3 is 11.9 Å². The van der Waals surface area contributed by atoms with Crippen LogP contribution in [0.5, 0.6) is 0 Å². The molecule has 0 fully saturated rings. The number of carbonyl (C=O) groups is 2. The highest BCUT2D eigenvalue weighted by atomic mass is 16.5. The molecule has 16 heavy (non-hydrogen) atoms. The van der Waals surface area contributed by atoms with Crippen LogP contribution in [-0.2, 0) is 14.3 Å². The van der Waals surface area contributed by atoms with E-state index in [0.717, 1.165) is 6.42 Å². The minimum atomic E-state index is -0.861. The molecule has 0 bridgehead atoms. The third kappa shape index (κ3) is 9.45. The van der Waals surface area contributed by atoms with Crippen molar-refractivity contribution in [2.75, 3.05) is 26.7 Å². The molecule has 0 aliphatic carbocycles. The van der Waals surface area contributed by atoms with Crippen molar-refractivity contribution in [2.45, 2.75) is 26.7 Å². The maximum atomic E-state index is 11.3. The quantitative estimate of drug-likeness (QED) is 0.631. The van der Waals surface area contributed by atoms with E-state index in [-0.39, 0.29) is 18.9 Å². The van der Waals surface area contributed by atoms with Crippen molar-refractivity contribution in [1.82, 2.24) is 4.90 Å². The second-order valence-electron chi connectivity index (χ2n) is 4.28. The summed E-state index contributed by atoms with van der Waals surface area (Å²) in [5, 5.41) is 8.46. The summed E-state index contributed by atoms with van der Waals surface area (Å²) in [6.07, 6.45) is 0.889. The van der Waals surface area contributed by atoms with Gasteiger partial charge in [0.2, 0.25) is 0 Å². The standard InChI is InChI=1S/C11H21NO4/c1-9(2)5-7-16-11(15)8-12(3)6-4-10(13)14/h9H,4-8H2,1-3H3,(H,13,14). The number of carboxylic acids is 1. The summed E-state index contributed by atoms with van der Waals surface area (Å²) in [6.45, 7) is 5.06. The van der Waals surface area contributed by atoms with Crippen LogP contribution >= 0.6 is 0 Å². The number of hydrogen-bond donors (Lipinski definition) is 1. The second kappa shape index (κ2) is 8.10. The summed E-state index contributed by atoms with van der Waals surface area (Å²) in [5.74, 6) is -0.647. The van der Waals surface area contributed by atoms with Crippen LogP contribution < -0.4 is 0 Å². The molecule has 0 aromatic heterocycles. The molecule has 0 unspecified atom stereocenters. The van der Waals surface area contributed by atoms with Crippen molar-refractivity contribution in [3.63, 3.8) is 0 Å². The summed E-state index contributed by atoms with van der Waals surface area (Å²) < 4.78 is 5.00. The molecule has 0 aromatic rings. The molecule has 0 saturated carbocycles. The monoisotopic (exact) mass is 231 g/mol. The topological polar surface area (TPSA) is 66.8 Å². The lowest BCUT2D eigenvalue weighted by Crippen LogP contribution is -2.29. The number of nitrogens with zero attached hydrogens (tertiary/aromatic N) is 1. The lowest BCUT2D eigenvalue weighted by atomic mass is 10.1. The van der Waals surface area contributed by atoms with Gasteiger partial charge in [-0.3, -0.25) is 14.5 Å². The first kappa shape index (κ1) is 14.9. The summed E-state index contributed by atoms with van der Waals surface area (Å²) in [4.78, 5) is 23.2. The Balaban J connectivity index is 3.58. The van der Waals surface area contributed by atoms with Crippen molar-refractivity contribution < 1.29 is 19.4 Å². The van der Waals surface area contributed by atoms with Gasteiger partial charge in [-0.25, -0.2) is 0 Å². The molecule has 0 atom stereocenters. The van der Waals surface area contributed by atoms with Crippen molar-refractivity contribution in [1.29, 1.82) is 0 Å². The van der Waals surface area contributed by atoms with E-state index in [1.54, 1.807) is 11.9 Å². The Morgan fingerprint density at radius 3 is 2.50 bits per heavy atom. The predicted octanol–water partition coefficient (Wildman–Crippen LogP) is 0.982. The van der Waals surface area contributed by atoms with Gasteiger partial charge in [0.15, 0.2) is 0 Å². The van der Waals surface area contributed by atoms with Crippen LogP contribution in [0.2, 0.25) is 0 Å². The van der Waals surface area contributed by atoms with Gasteiger partial charge in [-0.05, 0) is 19.4 Å². The minimum absolute atomic E-state index is 0.0375. The van der Waals surface area contributed by atoms with Gasteiger partial charge in [0.05, 0.1) is 19.6 Å². The molecule has 0 aliphatic heterocycles. The normalized spacial score (nSPS) is 10.8. The summed E-state index contributed by atoms with van der Waals surface area (Å²) >= 11 is 0. The van der Waals surface area contributed by atoms with Gasteiger partial charge in [0.1, 0.15) is 0 Å².